The molecule has 2 amide bonds. The molecule has 0 aromatic heterocycles. The van der Waals surface area contributed by atoms with Gasteiger partial charge in [0.05, 0.1) is 0 Å². The summed E-state index contributed by atoms with van der Waals surface area (Å²) in [5.74, 6) is -0.417. The molecular weight excluding hydrogens is 323 g/mol. The Bertz CT molecular complexity index is 614. The van der Waals surface area contributed by atoms with Crippen molar-refractivity contribution >= 4 is 12.0 Å². The molecule has 2 saturated heterocycles. The van der Waals surface area contributed by atoms with Crippen molar-refractivity contribution in [3.05, 3.63) is 35.6 Å². The Labute approximate surface area is 147 Å². The minimum Gasteiger partial charge on any atom is -0.465 e. The summed E-state index contributed by atoms with van der Waals surface area (Å²) in [5, 5.41) is 9.58. The highest BCUT2D eigenvalue weighted by Crippen LogP contribution is 2.29. The summed E-state index contributed by atoms with van der Waals surface area (Å²) in [6.45, 7) is 1.83. The van der Waals surface area contributed by atoms with Crippen molar-refractivity contribution in [1.29, 1.82) is 0 Å². The van der Waals surface area contributed by atoms with Crippen molar-refractivity contribution in [2.45, 2.75) is 44.6 Å². The zero-order chi connectivity index (χ0) is 17.8. The van der Waals surface area contributed by atoms with Crippen molar-refractivity contribution in [3.63, 3.8) is 0 Å². The molecule has 2 heterocycles. The third kappa shape index (κ3) is 4.11. The number of halogens is 1. The largest absolute Gasteiger partial charge is 0.465 e. The number of hydrogen-bond acceptors (Lipinski definition) is 2. The molecule has 6 heteroatoms. The number of nitrogens with zero attached hydrogens (tertiary/aromatic N) is 2. The Morgan fingerprint density at radius 3 is 2.36 bits per heavy atom. The van der Waals surface area contributed by atoms with Gasteiger partial charge in [0.25, 0.3) is 0 Å². The van der Waals surface area contributed by atoms with Crippen molar-refractivity contribution < 1.29 is 19.1 Å². The monoisotopic (exact) mass is 348 g/mol. The number of carboxylic acid groups (broad SMARTS) is 1. The van der Waals surface area contributed by atoms with Gasteiger partial charge in [-0.1, -0.05) is 12.1 Å². The molecule has 2 aliphatic heterocycles. The zero-order valence-corrected chi connectivity index (χ0v) is 14.4. The molecular formula is C19H25FN2O3. The molecule has 5 nitrogen and oxygen atoms in total. The standard InChI is InChI=1S/C19H25FN2O3/c20-16-8-6-14(7-9-16)13-15-5-4-12-22(19(24)25)17(15)18(23)21-10-2-1-3-11-21/h6-9,15,17H,1-5,10-13H2,(H,24,25). The van der Waals surface area contributed by atoms with Gasteiger partial charge in [-0.15, -0.1) is 0 Å². The fourth-order valence-corrected chi connectivity index (χ4v) is 4.06. The van der Waals surface area contributed by atoms with Crippen molar-refractivity contribution in [1.82, 2.24) is 9.80 Å². The molecule has 2 atom stereocenters. The van der Waals surface area contributed by atoms with E-state index >= 15 is 0 Å². The molecule has 0 aliphatic carbocycles. The average molecular weight is 348 g/mol. The minimum absolute atomic E-state index is 0.0612. The third-order valence-corrected chi connectivity index (χ3v) is 5.33. The fraction of sp³-hybridized carbons (Fsp3) is 0.579. The SMILES string of the molecule is O=C(C1C(Cc2ccc(F)cc2)CCCN1C(=O)O)N1CCCCC1. The van der Waals surface area contributed by atoms with Crippen molar-refractivity contribution in [2.75, 3.05) is 19.6 Å². The molecule has 2 unspecified atom stereocenters. The van der Waals surface area contributed by atoms with Crippen molar-refractivity contribution in [2.24, 2.45) is 5.92 Å². The van der Waals surface area contributed by atoms with Crippen LogP contribution in [0.2, 0.25) is 0 Å². The molecule has 1 aromatic carbocycles. The summed E-state index contributed by atoms with van der Waals surface area (Å²) in [7, 11) is 0. The second-order valence-corrected chi connectivity index (χ2v) is 7.04. The first-order valence-electron chi connectivity index (χ1n) is 9.09. The summed E-state index contributed by atoms with van der Waals surface area (Å²) in [6.07, 6.45) is 4.21. The number of likely N-dealkylation sites (tertiary alicyclic amines) is 2. The molecule has 2 aliphatic rings. The minimum atomic E-state index is -1.03. The Morgan fingerprint density at radius 2 is 1.72 bits per heavy atom. The van der Waals surface area contributed by atoms with E-state index in [2.05, 4.69) is 0 Å². The van der Waals surface area contributed by atoms with Gasteiger partial charge in [0.15, 0.2) is 0 Å². The van der Waals surface area contributed by atoms with Crippen LogP contribution in [0.3, 0.4) is 0 Å². The molecule has 25 heavy (non-hydrogen) atoms. The number of carbonyl (C=O) groups excluding carboxylic acids is 1. The third-order valence-electron chi connectivity index (χ3n) is 5.33. The van der Waals surface area contributed by atoms with Gasteiger partial charge in [0, 0.05) is 19.6 Å². The Kier molecular flexibility index (Phi) is 5.56. The normalized spacial score (nSPS) is 24.2. The number of benzene rings is 1. The Hall–Kier alpha value is -2.11. The highest BCUT2D eigenvalue weighted by atomic mass is 19.1. The van der Waals surface area contributed by atoms with Crippen LogP contribution in [0.15, 0.2) is 24.3 Å². The van der Waals surface area contributed by atoms with Gasteiger partial charge < -0.3 is 10.0 Å². The van der Waals surface area contributed by atoms with Gasteiger partial charge in [0.2, 0.25) is 5.91 Å². The van der Waals surface area contributed by atoms with Gasteiger partial charge in [-0.3, -0.25) is 9.69 Å². The molecule has 136 valence electrons. The molecule has 3 rings (SSSR count). The molecule has 0 spiro atoms. The van der Waals surface area contributed by atoms with Crippen LogP contribution in [0.4, 0.5) is 9.18 Å². The maximum absolute atomic E-state index is 13.1. The first kappa shape index (κ1) is 17.7. The van der Waals surface area contributed by atoms with Crippen molar-refractivity contribution in [3.8, 4) is 0 Å². The van der Waals surface area contributed by atoms with Gasteiger partial charge in [0.1, 0.15) is 11.9 Å². The number of piperidine rings is 2. The van der Waals surface area contributed by atoms with Crippen LogP contribution in [0.5, 0.6) is 0 Å². The first-order chi connectivity index (χ1) is 12.1. The average Bonchev–Trinajstić information content (AvgIpc) is 2.63. The summed E-state index contributed by atoms with van der Waals surface area (Å²) in [6, 6.07) is 5.63. The molecule has 0 saturated carbocycles. The lowest BCUT2D eigenvalue weighted by atomic mass is 9.83. The smallest absolute Gasteiger partial charge is 0.407 e. The van der Waals surface area contributed by atoms with Gasteiger partial charge in [-0.2, -0.15) is 0 Å². The quantitative estimate of drug-likeness (QED) is 0.913. The summed E-state index contributed by atoms with van der Waals surface area (Å²) < 4.78 is 13.1. The second-order valence-electron chi connectivity index (χ2n) is 7.04. The van der Waals surface area contributed by atoms with E-state index in [9.17, 15) is 19.1 Å². The number of carbonyl (C=O) groups is 2. The number of amides is 2. The lowest BCUT2D eigenvalue weighted by Crippen LogP contribution is -2.57. The Balaban J connectivity index is 1.81. The summed E-state index contributed by atoms with van der Waals surface area (Å²) in [5.41, 5.74) is 0.940. The fourth-order valence-electron chi connectivity index (χ4n) is 4.06. The van der Waals surface area contributed by atoms with Crippen LogP contribution in [0.1, 0.15) is 37.7 Å². The Morgan fingerprint density at radius 1 is 1.04 bits per heavy atom. The van der Waals surface area contributed by atoms with E-state index < -0.39 is 12.1 Å². The predicted molar refractivity (Wildman–Crippen MR) is 91.8 cm³/mol. The molecule has 0 bridgehead atoms. The summed E-state index contributed by atoms with van der Waals surface area (Å²) in [4.78, 5) is 27.9. The van der Waals surface area contributed by atoms with E-state index in [0.717, 1.165) is 37.7 Å². The van der Waals surface area contributed by atoms with Gasteiger partial charge in [-0.25, -0.2) is 9.18 Å². The lowest BCUT2D eigenvalue weighted by molar-refractivity contribution is -0.140. The topological polar surface area (TPSA) is 60.9 Å². The van der Waals surface area contributed by atoms with E-state index in [1.54, 1.807) is 12.1 Å². The molecule has 2 fully saturated rings. The number of rotatable bonds is 3. The maximum Gasteiger partial charge on any atom is 0.407 e. The van der Waals surface area contributed by atoms with E-state index in [1.807, 2.05) is 4.90 Å². The van der Waals surface area contributed by atoms with E-state index in [0.29, 0.717) is 26.1 Å². The van der Waals surface area contributed by atoms with Crippen LogP contribution in [0, 0.1) is 11.7 Å². The van der Waals surface area contributed by atoms with E-state index in [1.165, 1.54) is 17.0 Å². The highest BCUT2D eigenvalue weighted by molar-refractivity contribution is 5.86. The van der Waals surface area contributed by atoms with Crippen LogP contribution in [-0.4, -0.2) is 52.6 Å². The van der Waals surface area contributed by atoms with Crippen LogP contribution in [-0.2, 0) is 11.2 Å². The van der Waals surface area contributed by atoms with E-state index in [-0.39, 0.29) is 17.6 Å². The zero-order valence-electron chi connectivity index (χ0n) is 14.4. The second kappa shape index (κ2) is 7.85. The van der Waals surface area contributed by atoms with Crippen LogP contribution < -0.4 is 0 Å². The van der Waals surface area contributed by atoms with Gasteiger partial charge >= 0.3 is 6.09 Å². The predicted octanol–water partition coefficient (Wildman–Crippen LogP) is 3.14. The first-order valence-corrected chi connectivity index (χ1v) is 9.09. The van der Waals surface area contributed by atoms with Crippen LogP contribution >= 0.6 is 0 Å². The molecule has 1 N–H and O–H groups in total. The van der Waals surface area contributed by atoms with Gasteiger partial charge in [-0.05, 0) is 62.1 Å². The molecule has 1 aromatic rings. The summed E-state index contributed by atoms with van der Waals surface area (Å²) >= 11 is 0. The van der Waals surface area contributed by atoms with Crippen LogP contribution in [0.25, 0.3) is 0 Å². The number of hydrogen-bond donors (Lipinski definition) is 1. The molecule has 0 radical (unpaired) electrons. The highest BCUT2D eigenvalue weighted by Gasteiger charge is 2.41. The van der Waals surface area contributed by atoms with E-state index in [4.69, 9.17) is 0 Å². The maximum atomic E-state index is 13.1. The lowest BCUT2D eigenvalue weighted by Gasteiger charge is -2.42.